The Bertz CT molecular complexity index is 6790. The van der Waals surface area contributed by atoms with Crippen LogP contribution in [0.1, 0.15) is 38.9 Å². The Morgan fingerprint density at radius 3 is 0.970 bits per heavy atom. The van der Waals surface area contributed by atoms with Crippen LogP contribution in [0.2, 0.25) is 0 Å². The molecule has 0 unspecified atom stereocenters. The quantitative estimate of drug-likeness (QED) is 0.00748. The van der Waals surface area contributed by atoms with Crippen LogP contribution in [0.3, 0.4) is 0 Å². The van der Waals surface area contributed by atoms with Gasteiger partial charge in [0.15, 0.2) is 0 Å². The average molecular weight is 1990 g/mol. The third-order valence-corrected chi connectivity index (χ3v) is 24.1. The number of ether oxygens (including phenoxy) is 2. The van der Waals surface area contributed by atoms with Crippen molar-refractivity contribution in [2.24, 2.45) is 11.5 Å². The van der Waals surface area contributed by atoms with Crippen molar-refractivity contribution in [2.45, 2.75) is 70.3 Å². The molecule has 0 radical (unpaired) electrons. The normalized spacial score (nSPS) is 10.8. The molecule has 14 rings (SSSR count). The first-order chi connectivity index (χ1) is 64.1. The van der Waals surface area contributed by atoms with Crippen LogP contribution < -0.4 is 61.5 Å². The Kier molecular flexibility index (Phi) is 42.8. The number of nitro groups is 2. The van der Waals surface area contributed by atoms with Crippen LogP contribution in [0.5, 0.6) is 11.5 Å². The molecule has 0 spiro atoms. The summed E-state index contributed by atoms with van der Waals surface area (Å²) in [5.74, 6) is -1.10. The van der Waals surface area contributed by atoms with Crippen molar-refractivity contribution in [3.63, 3.8) is 0 Å². The number of nitrogens with two attached hydrogens (primary N) is 3. The van der Waals surface area contributed by atoms with Crippen LogP contribution in [-0.2, 0) is 95.0 Å². The monoisotopic (exact) mass is 1990 g/mol. The highest BCUT2D eigenvalue weighted by Crippen LogP contribution is 2.23. The van der Waals surface area contributed by atoms with Gasteiger partial charge in [0.1, 0.15) is 40.6 Å². The van der Waals surface area contributed by atoms with Gasteiger partial charge < -0.3 is 37.3 Å². The number of hydrogen-bond donors (Lipinski definition) is 12. The molecule has 135 heavy (non-hydrogen) atoms. The fourth-order valence-electron chi connectivity index (χ4n) is 10.3. The molecule has 2 heterocycles. The van der Waals surface area contributed by atoms with E-state index >= 15 is 0 Å². The van der Waals surface area contributed by atoms with E-state index in [1.807, 2.05) is 6.07 Å². The molecule has 0 bridgehead atoms. The number of carbonyl (C=O) groups is 3. The van der Waals surface area contributed by atoms with Gasteiger partial charge in [0, 0.05) is 133 Å². The number of nitrogens with one attached hydrogen (secondary N) is 9. The number of H-pyrrole nitrogens is 2. The van der Waals surface area contributed by atoms with Crippen LogP contribution in [-0.4, -0.2) is 89.9 Å². The highest BCUT2D eigenvalue weighted by molar-refractivity contribution is 8.13. The summed E-state index contributed by atoms with van der Waals surface area (Å²) in [5.41, 5.74) is 20.8. The summed E-state index contributed by atoms with van der Waals surface area (Å²) in [6, 6.07) is 71.7. The minimum Gasteiger partial charge on any atom is -0.415 e. The van der Waals surface area contributed by atoms with Crippen molar-refractivity contribution in [2.75, 3.05) is 16.4 Å². The second-order valence-corrected chi connectivity index (χ2v) is 36.9. The van der Waals surface area contributed by atoms with Crippen molar-refractivity contribution in [3.05, 3.63) is 416 Å². The number of nitro benzene ring substituents is 2. The van der Waals surface area contributed by atoms with E-state index in [9.17, 15) is 98.7 Å². The van der Waals surface area contributed by atoms with Gasteiger partial charge in [-0.2, -0.15) is 10.2 Å². The summed E-state index contributed by atoms with van der Waals surface area (Å²) in [6.45, 7) is 1.16. The summed E-state index contributed by atoms with van der Waals surface area (Å²) >= 11 is 4.95. The molecule has 0 aliphatic heterocycles. The fraction of sp³-hybridized carbons (Fsp3) is 0.0795. The van der Waals surface area contributed by atoms with Gasteiger partial charge in [0.2, 0.25) is 40.1 Å². The third-order valence-electron chi connectivity index (χ3n) is 17.0. The number of nitrogen functional groups attached to an aromatic ring is 1. The Morgan fingerprint density at radius 2 is 0.674 bits per heavy atom. The molecule has 0 aliphatic carbocycles. The lowest BCUT2D eigenvalue weighted by molar-refractivity contribution is -0.385. The van der Waals surface area contributed by atoms with Crippen LogP contribution in [0.15, 0.2) is 353 Å². The lowest BCUT2D eigenvalue weighted by Crippen LogP contribution is -2.28. The van der Waals surface area contributed by atoms with Gasteiger partial charge in [-0.15, -0.1) is 0 Å². The second-order valence-electron chi connectivity index (χ2n) is 26.9. The van der Waals surface area contributed by atoms with E-state index in [-0.39, 0.29) is 67.8 Å². The number of sulfonamides is 4. The number of anilines is 3. The number of non-ortho nitro benzene ring substituents is 2. The molecule has 0 fully saturated rings. The van der Waals surface area contributed by atoms with Gasteiger partial charge in [-0.25, -0.2) is 97.3 Å². The van der Waals surface area contributed by atoms with Crippen molar-refractivity contribution in [1.82, 2.24) is 44.6 Å². The minimum absolute atomic E-state index is 0.0193. The standard InChI is InChI=1S/C20H17FN2O4S.C18H18FN5O3S.C13H11FN2O4S.C13H13FN2O2S.C7H5ClO2.C7H8FN.C6H4ClNO4S.C4H7N3/c21-16-6-4-5-15(13-16)14-22-28(25,26)19-11-9-17(10-12-19)23-20(24)27-18-7-2-1-3-8-18;19-15-3-1-2-13(8-15)12-23-28(26,27)17-6-4-16(5-7-17)24-18(25)20-9-14-10-21-22-11-14;14-11-3-1-2-10(8-11)9-15-21(19,20)13-6-4-12(5-7-13)16(17)18;14-11-3-1-2-10(8-11)9-16-19(17,18)13-6-4-12(15)5-7-13;8-7(9)10-6-4-2-1-3-5-6;8-7-3-1-2-6(4-7)5-9;7-13(11,12)6-3-1-5(2-4-6)8(9)10;5-1-4-2-6-7-3-4/h1-13,22H,14H2,(H,23,24);1-8,10-11,23H,9,12H2,(H,21,22)(H2,20,24,25);1-8,15H,9H2;1-8,16H,9,15H2;1-5H;1-4H,5,9H2;1-4H;2-3H,1,5H2,(H,6,7). The topological polar surface area (TPSA) is 546 Å². The number of aromatic nitrogens is 4. The maximum atomic E-state index is 13.2. The van der Waals surface area contributed by atoms with Crippen molar-refractivity contribution in [3.8, 4) is 11.5 Å². The molecule has 2 aromatic heterocycles. The number of para-hydroxylation sites is 2. The number of carbonyl (C=O) groups excluding carboxylic acids is 3. The molecular formula is C88H83Cl2F5N16O19S5. The number of aromatic amines is 2. The van der Waals surface area contributed by atoms with E-state index in [0.717, 1.165) is 65.2 Å². The summed E-state index contributed by atoms with van der Waals surface area (Å²) in [4.78, 5) is 53.3. The molecule has 0 saturated heterocycles. The number of halogens is 7. The lowest BCUT2D eigenvalue weighted by Gasteiger charge is -2.09. The predicted molar refractivity (Wildman–Crippen MR) is 494 cm³/mol. The second kappa shape index (κ2) is 53.8. The fourth-order valence-corrected chi connectivity index (χ4v) is 15.2. The van der Waals surface area contributed by atoms with E-state index in [0.29, 0.717) is 70.4 Å². The summed E-state index contributed by atoms with van der Waals surface area (Å²) in [7, 11) is -13.8. The molecule has 47 heteroatoms. The molecule has 0 atom stereocenters. The lowest BCUT2D eigenvalue weighted by atomic mass is 10.2. The Morgan fingerprint density at radius 1 is 0.370 bits per heavy atom. The first kappa shape index (κ1) is 107. The van der Waals surface area contributed by atoms with Crippen LogP contribution in [0.4, 0.5) is 64.8 Å². The van der Waals surface area contributed by atoms with E-state index in [1.54, 1.807) is 116 Å². The van der Waals surface area contributed by atoms with E-state index in [2.05, 4.69) is 60.0 Å². The smallest absolute Gasteiger partial charge is 0.415 e. The number of urea groups is 1. The third kappa shape index (κ3) is 40.2. The Labute approximate surface area is 780 Å². The molecule has 35 nitrogen and oxygen atoms in total. The van der Waals surface area contributed by atoms with Gasteiger partial charge in [0.05, 0.1) is 46.7 Å². The number of benzene rings is 12. The Hall–Kier alpha value is -14.6. The zero-order valence-electron chi connectivity index (χ0n) is 70.1. The molecule has 12 aromatic carbocycles. The minimum atomic E-state index is -3.81. The summed E-state index contributed by atoms with van der Waals surface area (Å²) in [6.07, 6.45) is 6.05. The number of amides is 3. The number of rotatable bonds is 27. The zero-order chi connectivity index (χ0) is 98.6. The largest absolute Gasteiger partial charge is 0.417 e. The van der Waals surface area contributed by atoms with Crippen LogP contribution in [0, 0.1) is 49.3 Å². The molecule has 3 amide bonds. The van der Waals surface area contributed by atoms with E-state index in [4.69, 9.17) is 44.2 Å². The highest BCUT2D eigenvalue weighted by atomic mass is 35.7. The number of nitrogens with zero attached hydrogens (tertiary/aromatic N) is 4. The van der Waals surface area contributed by atoms with Gasteiger partial charge in [-0.1, -0.05) is 97.1 Å². The highest BCUT2D eigenvalue weighted by Gasteiger charge is 2.20. The van der Waals surface area contributed by atoms with E-state index < -0.39 is 99.8 Å². The molecule has 0 aliphatic rings. The maximum Gasteiger partial charge on any atom is 0.417 e. The van der Waals surface area contributed by atoms with Crippen LogP contribution in [0.25, 0.3) is 0 Å². The van der Waals surface area contributed by atoms with Gasteiger partial charge in [0.25, 0.3) is 20.4 Å². The Balaban J connectivity index is 0.000000218. The van der Waals surface area contributed by atoms with E-state index in [1.165, 1.54) is 158 Å². The molecule has 14 aromatic rings. The molecular weight excluding hydrogens is 1910 g/mol. The van der Waals surface area contributed by atoms with Crippen molar-refractivity contribution >= 4 is 117 Å². The van der Waals surface area contributed by atoms with Gasteiger partial charge in [-0.05, 0) is 210 Å². The average Bonchev–Trinajstić information content (AvgIpc) is 0.975. The van der Waals surface area contributed by atoms with Crippen molar-refractivity contribution < 1.29 is 97.7 Å². The first-order valence-corrected chi connectivity index (χ1v) is 47.3. The molecule has 15 N–H and O–H groups in total. The summed E-state index contributed by atoms with van der Waals surface area (Å²) in [5, 5.41) is 41.2. The SMILES string of the molecule is NCc1cccc(F)c1.NCc1cn[nH]c1.Nc1ccc(S(=O)(=O)NCc2cccc(F)c2)cc1.O=C(Cl)Oc1ccccc1.O=C(NCc1cn[nH]c1)Nc1ccc(S(=O)(=O)NCc2cccc(F)c2)cc1.O=C(Nc1ccc(S(=O)(=O)NCc2cccc(F)c2)cc1)Oc1ccccc1.O=[N+]([O-])c1ccc(S(=O)(=O)Cl)cc1.O=[N+]([O-])c1ccc(S(=O)(=O)NCc2cccc(F)c2)cc1. The first-order valence-electron chi connectivity index (χ1n) is 38.7. The van der Waals surface area contributed by atoms with Gasteiger partial charge in [-0.3, -0.25) is 35.7 Å². The maximum absolute atomic E-state index is 13.2. The molecule has 0 saturated carbocycles. The predicted octanol–water partition coefficient (Wildman–Crippen LogP) is 15.5. The molecule has 708 valence electrons. The van der Waals surface area contributed by atoms with Crippen molar-refractivity contribution in [1.29, 1.82) is 0 Å². The number of hydrogen-bond acceptors (Lipinski definition) is 24. The van der Waals surface area contributed by atoms with Crippen LogP contribution >= 0.6 is 22.3 Å². The zero-order valence-corrected chi connectivity index (χ0v) is 75.7. The summed E-state index contributed by atoms with van der Waals surface area (Å²) < 4.78 is 202. The van der Waals surface area contributed by atoms with Gasteiger partial charge >= 0.3 is 17.6 Å².